The van der Waals surface area contributed by atoms with E-state index in [1.807, 2.05) is 0 Å². The Morgan fingerprint density at radius 3 is 2.11 bits per heavy atom. The summed E-state index contributed by atoms with van der Waals surface area (Å²) in [7, 11) is 0. The van der Waals surface area contributed by atoms with Crippen LogP contribution in [0.4, 0.5) is 0 Å². The Morgan fingerprint density at radius 2 is 2.00 bits per heavy atom. The zero-order valence-corrected chi connectivity index (χ0v) is 4.47. The Balaban J connectivity index is 0. The maximum atomic E-state index is 9.97. The van der Waals surface area contributed by atoms with Crippen molar-refractivity contribution in [1.82, 2.24) is 5.32 Å². The van der Waals surface area contributed by atoms with E-state index in [2.05, 4.69) is 5.32 Å². The molecule has 0 aliphatic heterocycles. The Hall–Kier alpha value is -0.0600. The Morgan fingerprint density at radius 1 is 1.56 bits per heavy atom. The third kappa shape index (κ3) is 11.5. The van der Waals surface area contributed by atoms with Crippen LogP contribution in [0.3, 0.4) is 0 Å². The summed E-state index contributed by atoms with van der Waals surface area (Å²) in [5.74, 6) is -1.35. The van der Waals surface area contributed by atoms with Gasteiger partial charge in [0.05, 0.1) is 0 Å². The molecule has 2 N–H and O–H groups in total. The average Bonchev–Trinajstić information content (AvgIpc) is 1.61. The van der Waals surface area contributed by atoms with Gasteiger partial charge in [0.15, 0.2) is 0 Å². The Labute approximate surface area is 74.9 Å². The number of nitrogens with one attached hydrogen (secondary N) is 1. The average molecular weight is 141 g/mol. The minimum absolute atomic E-state index is 0. The van der Waals surface area contributed by atoms with Crippen molar-refractivity contribution >= 4 is 41.4 Å². The quantitative estimate of drug-likeness (QED) is 0.463. The van der Waals surface area contributed by atoms with Gasteiger partial charge in [0, 0.05) is 6.92 Å². The number of rotatable bonds is 2. The maximum absolute atomic E-state index is 9.97. The van der Waals surface area contributed by atoms with Gasteiger partial charge in [-0.25, -0.2) is 0 Å². The van der Waals surface area contributed by atoms with Gasteiger partial charge in [-0.15, -0.1) is 0 Å². The number of carboxylic acids is 1. The van der Waals surface area contributed by atoms with Crippen LogP contribution in [-0.2, 0) is 9.59 Å². The molecule has 0 saturated carbocycles. The van der Waals surface area contributed by atoms with Crippen LogP contribution in [-0.4, -0.2) is 53.1 Å². The summed E-state index contributed by atoms with van der Waals surface area (Å²) in [6, 6.07) is 0. The van der Waals surface area contributed by atoms with Gasteiger partial charge in [-0.1, -0.05) is 0 Å². The van der Waals surface area contributed by atoms with Crippen LogP contribution in [0, 0.1) is 0 Å². The first-order chi connectivity index (χ1) is 3.63. The molecule has 48 valence electrons. The molecule has 0 aliphatic carbocycles. The van der Waals surface area contributed by atoms with E-state index in [0.717, 1.165) is 0 Å². The van der Waals surface area contributed by atoms with Gasteiger partial charge in [-0.2, -0.15) is 0 Å². The molecule has 0 bridgehead atoms. The van der Waals surface area contributed by atoms with Crippen molar-refractivity contribution < 1.29 is 14.7 Å². The fraction of sp³-hybridized carbons (Fsp3) is 0.500. The number of carboxylic acid groups (broad SMARTS) is 1. The Bertz CT molecular complexity index is 100. The van der Waals surface area contributed by atoms with Crippen LogP contribution in [0.25, 0.3) is 0 Å². The van der Waals surface area contributed by atoms with Gasteiger partial charge in [0.25, 0.3) is 0 Å². The van der Waals surface area contributed by atoms with Crippen molar-refractivity contribution in [2.75, 3.05) is 6.54 Å². The minimum atomic E-state index is -1.03. The van der Waals surface area contributed by atoms with Crippen LogP contribution in [0.15, 0.2) is 0 Å². The standard InChI is InChI=1S/C4H7NO3.Na.H/c1-3(6)5-2-4(7)8;;/h2H2,1H3,(H,5,6)(H,7,8);;. The second kappa shape index (κ2) is 6.07. The molecule has 0 saturated heterocycles. The molecule has 0 unspecified atom stereocenters. The van der Waals surface area contributed by atoms with E-state index in [0.29, 0.717) is 0 Å². The van der Waals surface area contributed by atoms with Gasteiger partial charge in [-0.3, -0.25) is 9.59 Å². The fourth-order valence-electron chi connectivity index (χ4n) is 0.200. The van der Waals surface area contributed by atoms with Crippen molar-refractivity contribution in [3.05, 3.63) is 0 Å². The van der Waals surface area contributed by atoms with E-state index >= 15 is 0 Å². The summed E-state index contributed by atoms with van der Waals surface area (Å²) in [5.41, 5.74) is 0. The van der Waals surface area contributed by atoms with Crippen LogP contribution in [0.5, 0.6) is 0 Å². The number of amides is 1. The Kier molecular flexibility index (Phi) is 7.89. The van der Waals surface area contributed by atoms with E-state index in [4.69, 9.17) is 5.11 Å². The van der Waals surface area contributed by atoms with Gasteiger partial charge in [0.2, 0.25) is 5.91 Å². The SMILES string of the molecule is CC(=O)NCC(=O)O.[NaH]. The molecule has 0 aromatic carbocycles. The fourth-order valence-corrected chi connectivity index (χ4v) is 0.200. The molecule has 0 aliphatic rings. The molecule has 0 heterocycles. The number of hydrogen-bond acceptors (Lipinski definition) is 2. The zero-order valence-electron chi connectivity index (χ0n) is 4.47. The third-order valence-electron chi connectivity index (χ3n) is 0.489. The summed E-state index contributed by atoms with van der Waals surface area (Å²) in [5, 5.41) is 10.1. The normalized spacial score (nSPS) is 7.22. The van der Waals surface area contributed by atoms with Crippen molar-refractivity contribution in [3.8, 4) is 0 Å². The first kappa shape index (κ1) is 11.7. The molecular formula is C4H8NNaO3. The molecule has 0 spiro atoms. The van der Waals surface area contributed by atoms with E-state index in [1.54, 1.807) is 0 Å². The molecule has 9 heavy (non-hydrogen) atoms. The molecule has 0 atom stereocenters. The third-order valence-corrected chi connectivity index (χ3v) is 0.489. The van der Waals surface area contributed by atoms with Crippen LogP contribution in [0.1, 0.15) is 6.92 Å². The molecule has 1 amide bonds. The van der Waals surface area contributed by atoms with E-state index in [1.165, 1.54) is 6.92 Å². The van der Waals surface area contributed by atoms with Gasteiger partial charge < -0.3 is 10.4 Å². The van der Waals surface area contributed by atoms with E-state index in [-0.39, 0.29) is 42.0 Å². The summed E-state index contributed by atoms with van der Waals surface area (Å²) < 4.78 is 0. The number of hydrogen-bond donors (Lipinski definition) is 2. The molecule has 0 radical (unpaired) electrons. The van der Waals surface area contributed by atoms with Gasteiger partial charge in [-0.05, 0) is 0 Å². The molecule has 0 aromatic rings. The second-order valence-corrected chi connectivity index (χ2v) is 1.30. The molecule has 0 fully saturated rings. The van der Waals surface area contributed by atoms with Crippen LogP contribution in [0.2, 0.25) is 0 Å². The number of carbonyl (C=O) groups excluding carboxylic acids is 1. The monoisotopic (exact) mass is 141 g/mol. The van der Waals surface area contributed by atoms with Crippen LogP contribution >= 0.6 is 0 Å². The van der Waals surface area contributed by atoms with Gasteiger partial charge in [0.1, 0.15) is 6.54 Å². The van der Waals surface area contributed by atoms with Gasteiger partial charge >= 0.3 is 35.5 Å². The topological polar surface area (TPSA) is 66.4 Å². The van der Waals surface area contributed by atoms with Crippen molar-refractivity contribution in [3.63, 3.8) is 0 Å². The van der Waals surface area contributed by atoms with Crippen molar-refractivity contribution in [1.29, 1.82) is 0 Å². The molecule has 4 nitrogen and oxygen atoms in total. The molecule has 5 heteroatoms. The number of carbonyl (C=O) groups is 2. The summed E-state index contributed by atoms with van der Waals surface area (Å²) >= 11 is 0. The predicted molar refractivity (Wildman–Crippen MR) is 33.5 cm³/mol. The second-order valence-electron chi connectivity index (χ2n) is 1.30. The number of aliphatic carboxylic acids is 1. The molecule has 0 aromatic heterocycles. The first-order valence-corrected chi connectivity index (χ1v) is 2.09. The van der Waals surface area contributed by atoms with E-state index in [9.17, 15) is 9.59 Å². The first-order valence-electron chi connectivity index (χ1n) is 2.09. The molecule has 0 rings (SSSR count). The predicted octanol–water partition coefficient (Wildman–Crippen LogP) is -1.44. The summed E-state index contributed by atoms with van der Waals surface area (Å²) in [6.07, 6.45) is 0. The van der Waals surface area contributed by atoms with E-state index < -0.39 is 5.97 Å². The van der Waals surface area contributed by atoms with Crippen LogP contribution < -0.4 is 5.32 Å². The van der Waals surface area contributed by atoms with Crippen molar-refractivity contribution in [2.45, 2.75) is 6.92 Å². The summed E-state index contributed by atoms with van der Waals surface area (Å²) in [6.45, 7) is 0.971. The summed E-state index contributed by atoms with van der Waals surface area (Å²) in [4.78, 5) is 19.7. The molecular weight excluding hydrogens is 133 g/mol. The zero-order chi connectivity index (χ0) is 6.57. The van der Waals surface area contributed by atoms with Crippen molar-refractivity contribution in [2.24, 2.45) is 0 Å².